The second-order valence-electron chi connectivity index (χ2n) is 4.99. The maximum Gasteiger partial charge on any atom is 0.433 e. The van der Waals surface area contributed by atoms with Gasteiger partial charge in [-0.3, -0.25) is 4.79 Å². The molecule has 3 aromatic rings. The molecule has 3 rings (SSSR count). The van der Waals surface area contributed by atoms with E-state index in [2.05, 4.69) is 15.4 Å². The van der Waals surface area contributed by atoms with E-state index in [0.717, 1.165) is 12.1 Å². The van der Waals surface area contributed by atoms with Crippen LogP contribution in [-0.4, -0.2) is 20.7 Å². The van der Waals surface area contributed by atoms with Crippen molar-refractivity contribution in [2.75, 3.05) is 5.32 Å². The maximum atomic E-state index is 13.2. The summed E-state index contributed by atoms with van der Waals surface area (Å²) < 4.78 is 52.4. The minimum atomic E-state index is -4.61. The number of carbonyl (C=O) groups is 1. The topological polar surface area (TPSA) is 59.8 Å². The number of alkyl halides is 3. The molecule has 0 radical (unpaired) electrons. The van der Waals surface area contributed by atoms with E-state index in [1.54, 1.807) is 6.07 Å². The van der Waals surface area contributed by atoms with Crippen LogP contribution in [-0.2, 0) is 6.18 Å². The number of hydrogen-bond acceptors (Lipinski definition) is 3. The number of amides is 1. The van der Waals surface area contributed by atoms with Crippen molar-refractivity contribution in [3.05, 3.63) is 71.9 Å². The number of aromatic nitrogens is 3. The number of carbonyl (C=O) groups excluding carboxylic acids is 1. The molecule has 0 bridgehead atoms. The minimum absolute atomic E-state index is 0.0523. The van der Waals surface area contributed by atoms with E-state index in [-0.39, 0.29) is 11.5 Å². The van der Waals surface area contributed by atoms with E-state index in [1.807, 2.05) is 0 Å². The number of pyridine rings is 1. The number of halogens is 4. The standard InChI is InChI=1S/C16H10F4N4O/c17-10-3-1-4-11(9-10)24-8-7-12(23-24)15(25)22-14-6-2-5-13(21-14)16(18,19)20/h1-9H,(H,21,22,25). The SMILES string of the molecule is O=C(Nc1cccc(C(F)(F)F)n1)c1ccn(-c2cccc(F)c2)n1. The molecule has 2 aromatic heterocycles. The zero-order chi connectivity index (χ0) is 18.0. The van der Waals surface area contributed by atoms with Crippen LogP contribution in [0.3, 0.4) is 0 Å². The van der Waals surface area contributed by atoms with E-state index in [4.69, 9.17) is 0 Å². The van der Waals surface area contributed by atoms with Crippen molar-refractivity contribution < 1.29 is 22.4 Å². The normalized spacial score (nSPS) is 11.4. The van der Waals surface area contributed by atoms with Gasteiger partial charge in [0, 0.05) is 6.20 Å². The van der Waals surface area contributed by atoms with Crippen molar-refractivity contribution in [3.63, 3.8) is 0 Å². The summed E-state index contributed by atoms with van der Waals surface area (Å²) >= 11 is 0. The third kappa shape index (κ3) is 3.82. The summed E-state index contributed by atoms with van der Waals surface area (Å²) in [7, 11) is 0. The van der Waals surface area contributed by atoms with E-state index >= 15 is 0 Å². The number of rotatable bonds is 3. The lowest BCUT2D eigenvalue weighted by Crippen LogP contribution is -2.16. The Labute approximate surface area is 138 Å². The van der Waals surface area contributed by atoms with Gasteiger partial charge in [-0.05, 0) is 36.4 Å². The Morgan fingerprint density at radius 3 is 2.56 bits per heavy atom. The summed E-state index contributed by atoms with van der Waals surface area (Å²) in [5, 5.41) is 6.22. The van der Waals surface area contributed by atoms with E-state index < -0.39 is 23.6 Å². The lowest BCUT2D eigenvalue weighted by atomic mass is 10.3. The van der Waals surface area contributed by atoms with Crippen molar-refractivity contribution in [1.29, 1.82) is 0 Å². The van der Waals surface area contributed by atoms with Gasteiger partial charge in [0.1, 0.15) is 17.3 Å². The Hall–Kier alpha value is -3.23. The van der Waals surface area contributed by atoms with Gasteiger partial charge in [-0.2, -0.15) is 18.3 Å². The lowest BCUT2D eigenvalue weighted by Gasteiger charge is -2.08. The summed E-state index contributed by atoms with van der Waals surface area (Å²) in [4.78, 5) is 15.4. The summed E-state index contributed by atoms with van der Waals surface area (Å²) in [6.45, 7) is 0. The fraction of sp³-hybridized carbons (Fsp3) is 0.0625. The second kappa shape index (κ2) is 6.34. The number of anilines is 1. The minimum Gasteiger partial charge on any atom is -0.305 e. The van der Waals surface area contributed by atoms with Crippen LogP contribution in [0.2, 0.25) is 0 Å². The van der Waals surface area contributed by atoms with Crippen LogP contribution in [0.4, 0.5) is 23.4 Å². The van der Waals surface area contributed by atoms with Gasteiger partial charge in [0.2, 0.25) is 0 Å². The van der Waals surface area contributed by atoms with Gasteiger partial charge in [0.25, 0.3) is 5.91 Å². The molecular formula is C16H10F4N4O. The predicted octanol–water partition coefficient (Wildman–Crippen LogP) is 3.68. The van der Waals surface area contributed by atoms with Gasteiger partial charge in [-0.1, -0.05) is 12.1 Å². The maximum absolute atomic E-state index is 13.2. The summed E-state index contributed by atoms with van der Waals surface area (Å²) in [5.74, 6) is -1.45. The monoisotopic (exact) mass is 350 g/mol. The fourth-order valence-electron chi connectivity index (χ4n) is 2.05. The molecular weight excluding hydrogens is 340 g/mol. The molecule has 0 spiro atoms. The first-order valence-electron chi connectivity index (χ1n) is 7.00. The van der Waals surface area contributed by atoms with Crippen molar-refractivity contribution in [2.24, 2.45) is 0 Å². The van der Waals surface area contributed by atoms with Gasteiger partial charge in [0.15, 0.2) is 5.69 Å². The smallest absolute Gasteiger partial charge is 0.305 e. The van der Waals surface area contributed by atoms with E-state index in [1.165, 1.54) is 41.2 Å². The molecule has 0 saturated carbocycles. The molecule has 0 saturated heterocycles. The highest BCUT2D eigenvalue weighted by atomic mass is 19.4. The molecule has 5 nitrogen and oxygen atoms in total. The Balaban J connectivity index is 1.79. The molecule has 1 aromatic carbocycles. The zero-order valence-electron chi connectivity index (χ0n) is 12.5. The van der Waals surface area contributed by atoms with Gasteiger partial charge < -0.3 is 5.32 Å². The summed E-state index contributed by atoms with van der Waals surface area (Å²) in [6.07, 6.45) is -3.18. The zero-order valence-corrected chi connectivity index (χ0v) is 12.5. The number of hydrogen-bond donors (Lipinski definition) is 1. The molecule has 1 amide bonds. The van der Waals surface area contributed by atoms with Crippen LogP contribution in [0.15, 0.2) is 54.7 Å². The molecule has 0 atom stereocenters. The second-order valence-corrected chi connectivity index (χ2v) is 4.99. The molecule has 0 aliphatic rings. The summed E-state index contributed by atoms with van der Waals surface area (Å²) in [5.41, 5.74) is -0.768. The van der Waals surface area contributed by atoms with Crippen LogP contribution in [0, 0.1) is 5.82 Å². The summed E-state index contributed by atoms with van der Waals surface area (Å²) in [6, 6.07) is 10.1. The molecule has 2 heterocycles. The van der Waals surface area contributed by atoms with Crippen LogP contribution in [0.5, 0.6) is 0 Å². The highest BCUT2D eigenvalue weighted by Crippen LogP contribution is 2.28. The fourth-order valence-corrected chi connectivity index (χ4v) is 2.05. The Morgan fingerprint density at radius 1 is 1.08 bits per heavy atom. The predicted molar refractivity (Wildman–Crippen MR) is 80.7 cm³/mol. The van der Waals surface area contributed by atoms with Gasteiger partial charge in [0.05, 0.1) is 5.69 Å². The Bertz CT molecular complexity index is 920. The third-order valence-electron chi connectivity index (χ3n) is 3.18. The molecule has 0 aliphatic carbocycles. The van der Waals surface area contributed by atoms with E-state index in [0.29, 0.717) is 5.69 Å². The average Bonchev–Trinajstić information content (AvgIpc) is 3.04. The first-order valence-corrected chi connectivity index (χ1v) is 7.00. The third-order valence-corrected chi connectivity index (χ3v) is 3.18. The van der Waals surface area contributed by atoms with Crippen molar-refractivity contribution in [3.8, 4) is 5.69 Å². The Morgan fingerprint density at radius 2 is 1.84 bits per heavy atom. The first kappa shape index (κ1) is 16.6. The van der Waals surface area contributed by atoms with Gasteiger partial charge >= 0.3 is 6.18 Å². The molecule has 0 fully saturated rings. The number of nitrogens with zero attached hydrogens (tertiary/aromatic N) is 3. The van der Waals surface area contributed by atoms with Crippen LogP contribution < -0.4 is 5.32 Å². The van der Waals surface area contributed by atoms with E-state index in [9.17, 15) is 22.4 Å². The molecule has 1 N–H and O–H groups in total. The van der Waals surface area contributed by atoms with Crippen molar-refractivity contribution in [1.82, 2.24) is 14.8 Å². The Kier molecular flexibility index (Phi) is 4.22. The molecule has 128 valence electrons. The molecule has 25 heavy (non-hydrogen) atoms. The van der Waals surface area contributed by atoms with Crippen LogP contribution >= 0.6 is 0 Å². The highest BCUT2D eigenvalue weighted by Gasteiger charge is 2.32. The van der Waals surface area contributed by atoms with Crippen molar-refractivity contribution in [2.45, 2.75) is 6.18 Å². The first-order chi connectivity index (χ1) is 11.8. The van der Waals surface area contributed by atoms with Gasteiger partial charge in [-0.25, -0.2) is 14.1 Å². The number of benzene rings is 1. The quantitative estimate of drug-likeness (QED) is 0.733. The lowest BCUT2D eigenvalue weighted by molar-refractivity contribution is -0.141. The molecule has 0 unspecified atom stereocenters. The average molecular weight is 350 g/mol. The highest BCUT2D eigenvalue weighted by molar-refractivity contribution is 6.02. The number of nitrogens with one attached hydrogen (secondary N) is 1. The molecule has 9 heteroatoms. The van der Waals surface area contributed by atoms with Crippen LogP contribution in [0.25, 0.3) is 5.69 Å². The van der Waals surface area contributed by atoms with Crippen LogP contribution in [0.1, 0.15) is 16.2 Å². The van der Waals surface area contributed by atoms with Gasteiger partial charge in [-0.15, -0.1) is 0 Å². The molecule has 0 aliphatic heterocycles. The van der Waals surface area contributed by atoms with Crippen molar-refractivity contribution >= 4 is 11.7 Å². The largest absolute Gasteiger partial charge is 0.433 e.